The van der Waals surface area contributed by atoms with Gasteiger partial charge in [0.1, 0.15) is 0 Å². The van der Waals surface area contributed by atoms with Crippen molar-refractivity contribution in [2.24, 2.45) is 0 Å². The van der Waals surface area contributed by atoms with Gasteiger partial charge in [-0.3, -0.25) is 4.79 Å². The van der Waals surface area contributed by atoms with Gasteiger partial charge in [-0.05, 0) is 6.42 Å². The molecule has 0 aliphatic heterocycles. The van der Waals surface area contributed by atoms with E-state index in [1.807, 2.05) is 6.92 Å². The molecule has 0 aliphatic carbocycles. The van der Waals surface area contributed by atoms with Gasteiger partial charge < -0.3 is 9.84 Å². The molecule has 0 saturated heterocycles. The molecule has 0 atom stereocenters. The van der Waals surface area contributed by atoms with Gasteiger partial charge in [0.15, 0.2) is 0 Å². The largest absolute Gasteiger partial charge is 0.481 e. The van der Waals surface area contributed by atoms with Crippen molar-refractivity contribution in [1.82, 2.24) is 0 Å². The lowest BCUT2D eigenvalue weighted by Gasteiger charge is -2.01. The number of carbonyl (C=O) groups excluding carboxylic acids is 1. The second-order valence-corrected chi connectivity index (χ2v) is 2.58. The van der Waals surface area contributed by atoms with Gasteiger partial charge in [-0.15, -0.1) is 0 Å². The molecule has 1 N–H and O–H groups in total. The number of hydrogen-bond donors (Lipinski definition) is 1. The number of carbonyl (C=O) groups is 2. The first-order chi connectivity index (χ1) is 6.11. The van der Waals surface area contributed by atoms with E-state index < -0.39 is 11.9 Å². The molecule has 0 radical (unpaired) electrons. The van der Waals surface area contributed by atoms with Crippen LogP contribution in [0.15, 0.2) is 11.6 Å². The van der Waals surface area contributed by atoms with Crippen LogP contribution in [0.5, 0.6) is 0 Å². The zero-order chi connectivity index (χ0) is 10.3. The summed E-state index contributed by atoms with van der Waals surface area (Å²) in [5.41, 5.74) is 0.219. The highest BCUT2D eigenvalue weighted by molar-refractivity contribution is 5.93. The highest BCUT2D eigenvalue weighted by Gasteiger charge is 2.12. The highest BCUT2D eigenvalue weighted by atomic mass is 16.5. The molecular formula is C9H14O4. The van der Waals surface area contributed by atoms with Crippen molar-refractivity contribution >= 4 is 11.9 Å². The number of unbranched alkanes of at least 4 members (excludes halogenated alkanes) is 1. The van der Waals surface area contributed by atoms with Crippen LogP contribution < -0.4 is 0 Å². The van der Waals surface area contributed by atoms with Crippen LogP contribution in [0.1, 0.15) is 26.2 Å². The molecule has 0 amide bonds. The topological polar surface area (TPSA) is 63.6 Å². The van der Waals surface area contributed by atoms with E-state index in [9.17, 15) is 9.59 Å². The van der Waals surface area contributed by atoms with Gasteiger partial charge in [-0.2, -0.15) is 0 Å². The van der Waals surface area contributed by atoms with E-state index in [2.05, 4.69) is 4.74 Å². The quantitative estimate of drug-likeness (QED) is 0.520. The lowest BCUT2D eigenvalue weighted by Crippen LogP contribution is -2.09. The normalized spacial score (nSPS) is 11.1. The van der Waals surface area contributed by atoms with Crippen LogP contribution in [0.4, 0.5) is 0 Å². The van der Waals surface area contributed by atoms with E-state index in [1.54, 1.807) is 6.08 Å². The summed E-state index contributed by atoms with van der Waals surface area (Å²) in [4.78, 5) is 21.3. The van der Waals surface area contributed by atoms with Gasteiger partial charge in [0.05, 0.1) is 13.5 Å². The average Bonchev–Trinajstić information content (AvgIpc) is 2.10. The van der Waals surface area contributed by atoms with E-state index in [0.717, 1.165) is 6.42 Å². The molecular weight excluding hydrogens is 172 g/mol. The molecule has 0 aromatic carbocycles. The zero-order valence-electron chi connectivity index (χ0n) is 7.87. The van der Waals surface area contributed by atoms with E-state index in [4.69, 9.17) is 5.11 Å². The van der Waals surface area contributed by atoms with E-state index in [0.29, 0.717) is 6.42 Å². The summed E-state index contributed by atoms with van der Waals surface area (Å²) in [6.45, 7) is 1.95. The molecule has 0 aromatic rings. The maximum atomic E-state index is 11.0. The summed E-state index contributed by atoms with van der Waals surface area (Å²) in [5.74, 6) is -1.58. The Hall–Kier alpha value is -1.32. The number of carboxylic acid groups (broad SMARTS) is 1. The van der Waals surface area contributed by atoms with Crippen molar-refractivity contribution in [1.29, 1.82) is 0 Å². The number of carboxylic acids is 1. The molecule has 13 heavy (non-hydrogen) atoms. The first-order valence-corrected chi connectivity index (χ1v) is 4.11. The van der Waals surface area contributed by atoms with Crippen LogP contribution in [-0.2, 0) is 14.3 Å². The minimum absolute atomic E-state index is 0.219. The minimum Gasteiger partial charge on any atom is -0.481 e. The standard InChI is InChI=1S/C9H14O4/c1-3-4-5-7(6-8(10)11)9(12)13-2/h5H,3-4,6H2,1-2H3,(H,10,11). The molecule has 0 aliphatic rings. The Morgan fingerprint density at radius 2 is 2.08 bits per heavy atom. The number of allylic oxidation sites excluding steroid dienone is 1. The Labute approximate surface area is 77.2 Å². The van der Waals surface area contributed by atoms with Crippen molar-refractivity contribution in [2.45, 2.75) is 26.2 Å². The molecule has 0 saturated carbocycles. The maximum Gasteiger partial charge on any atom is 0.333 e. The second-order valence-electron chi connectivity index (χ2n) is 2.58. The smallest absolute Gasteiger partial charge is 0.333 e. The van der Waals surface area contributed by atoms with Gasteiger partial charge in [0, 0.05) is 5.57 Å². The van der Waals surface area contributed by atoms with E-state index in [-0.39, 0.29) is 12.0 Å². The van der Waals surface area contributed by atoms with Gasteiger partial charge in [-0.25, -0.2) is 4.79 Å². The molecule has 0 unspecified atom stereocenters. The number of methoxy groups -OCH3 is 1. The van der Waals surface area contributed by atoms with Gasteiger partial charge in [0.25, 0.3) is 0 Å². The molecule has 0 aromatic heterocycles. The zero-order valence-corrected chi connectivity index (χ0v) is 7.87. The van der Waals surface area contributed by atoms with Crippen LogP contribution in [-0.4, -0.2) is 24.2 Å². The summed E-state index contributed by atoms with van der Waals surface area (Å²) in [6.07, 6.45) is 2.91. The Kier molecular flexibility index (Phi) is 5.59. The lowest BCUT2D eigenvalue weighted by atomic mass is 10.1. The molecule has 4 heteroatoms. The van der Waals surface area contributed by atoms with Crippen molar-refractivity contribution in [2.75, 3.05) is 7.11 Å². The third-order valence-corrected chi connectivity index (χ3v) is 1.47. The van der Waals surface area contributed by atoms with Gasteiger partial charge in [-0.1, -0.05) is 19.4 Å². The fourth-order valence-electron chi connectivity index (χ4n) is 0.840. The average molecular weight is 186 g/mol. The molecule has 0 bridgehead atoms. The van der Waals surface area contributed by atoms with Crippen molar-refractivity contribution in [3.63, 3.8) is 0 Å². The molecule has 74 valence electrons. The van der Waals surface area contributed by atoms with Crippen molar-refractivity contribution < 1.29 is 19.4 Å². The van der Waals surface area contributed by atoms with Crippen LogP contribution in [0.25, 0.3) is 0 Å². The summed E-state index contributed by atoms with van der Waals surface area (Å²) in [7, 11) is 1.24. The fraction of sp³-hybridized carbons (Fsp3) is 0.556. The Balaban J connectivity index is 4.35. The molecule has 0 spiro atoms. The molecule has 0 heterocycles. The minimum atomic E-state index is -1.02. The number of rotatable bonds is 5. The first-order valence-electron chi connectivity index (χ1n) is 4.11. The number of hydrogen-bond acceptors (Lipinski definition) is 3. The highest BCUT2D eigenvalue weighted by Crippen LogP contribution is 2.06. The maximum absolute atomic E-state index is 11.0. The summed E-state index contributed by atoms with van der Waals surface area (Å²) < 4.78 is 4.44. The van der Waals surface area contributed by atoms with E-state index in [1.165, 1.54) is 7.11 Å². The molecule has 0 fully saturated rings. The third-order valence-electron chi connectivity index (χ3n) is 1.47. The summed E-state index contributed by atoms with van der Waals surface area (Å²) in [5, 5.41) is 8.48. The lowest BCUT2D eigenvalue weighted by molar-refractivity contribution is -0.141. The SMILES string of the molecule is CCCC=C(CC(=O)O)C(=O)OC. The Bertz CT molecular complexity index is 218. The van der Waals surface area contributed by atoms with Crippen LogP contribution in [0, 0.1) is 0 Å². The van der Waals surface area contributed by atoms with Crippen molar-refractivity contribution in [3.8, 4) is 0 Å². The number of aliphatic carboxylic acids is 1. The number of esters is 1. The third kappa shape index (κ3) is 5.00. The number of ether oxygens (including phenoxy) is 1. The fourth-order valence-corrected chi connectivity index (χ4v) is 0.840. The van der Waals surface area contributed by atoms with Crippen LogP contribution in [0.2, 0.25) is 0 Å². The van der Waals surface area contributed by atoms with Crippen LogP contribution >= 0.6 is 0 Å². The second kappa shape index (κ2) is 6.22. The predicted molar refractivity (Wildman–Crippen MR) is 47.3 cm³/mol. The molecule has 4 nitrogen and oxygen atoms in total. The Morgan fingerprint density at radius 3 is 2.46 bits per heavy atom. The van der Waals surface area contributed by atoms with E-state index >= 15 is 0 Å². The van der Waals surface area contributed by atoms with Gasteiger partial charge >= 0.3 is 11.9 Å². The Morgan fingerprint density at radius 1 is 1.46 bits per heavy atom. The summed E-state index contributed by atoms with van der Waals surface area (Å²) in [6, 6.07) is 0. The summed E-state index contributed by atoms with van der Waals surface area (Å²) >= 11 is 0. The van der Waals surface area contributed by atoms with Crippen LogP contribution in [0.3, 0.4) is 0 Å². The predicted octanol–water partition coefficient (Wildman–Crippen LogP) is 1.36. The first kappa shape index (κ1) is 11.7. The monoisotopic (exact) mass is 186 g/mol. The van der Waals surface area contributed by atoms with Gasteiger partial charge in [0.2, 0.25) is 0 Å². The molecule has 0 rings (SSSR count). The van der Waals surface area contributed by atoms with Crippen molar-refractivity contribution in [3.05, 3.63) is 11.6 Å².